The maximum Gasteiger partial charge on any atom is 0.186 e. The minimum Gasteiger partial charge on any atom is -0.207 e. The highest BCUT2D eigenvalue weighted by atomic mass is 32.2. The zero-order valence-corrected chi connectivity index (χ0v) is 12.8. The molecular weight excluding hydrogens is 319 g/mol. The van der Waals surface area contributed by atoms with E-state index in [1.54, 1.807) is 21.9 Å². The molecule has 0 aliphatic rings. The molecule has 0 amide bonds. The Morgan fingerprint density at radius 1 is 1.09 bits per heavy atom. The summed E-state index contributed by atoms with van der Waals surface area (Å²) >= 11 is 3.00. The average molecular weight is 328 g/mol. The van der Waals surface area contributed by atoms with E-state index in [4.69, 9.17) is 0 Å². The van der Waals surface area contributed by atoms with Crippen LogP contribution in [0.5, 0.6) is 0 Å². The van der Waals surface area contributed by atoms with Gasteiger partial charge in [-0.15, -0.1) is 10.2 Å². The van der Waals surface area contributed by atoms with Gasteiger partial charge in [-0.1, -0.05) is 17.8 Å². The first-order chi connectivity index (χ1) is 10.8. The molecule has 0 bridgehead atoms. The van der Waals surface area contributed by atoms with Gasteiger partial charge in [0, 0.05) is 15.8 Å². The summed E-state index contributed by atoms with van der Waals surface area (Å²) in [5.41, 5.74) is 1.67. The fourth-order valence-corrected chi connectivity index (χ4v) is 3.50. The van der Waals surface area contributed by atoms with Gasteiger partial charge in [-0.25, -0.2) is 4.39 Å². The summed E-state index contributed by atoms with van der Waals surface area (Å²) in [6, 6.07) is 12.2. The van der Waals surface area contributed by atoms with Gasteiger partial charge in [0.1, 0.15) is 10.8 Å². The van der Waals surface area contributed by atoms with Crippen molar-refractivity contribution in [2.75, 3.05) is 0 Å². The van der Waals surface area contributed by atoms with Crippen LogP contribution in [0.1, 0.15) is 0 Å². The van der Waals surface area contributed by atoms with E-state index in [2.05, 4.69) is 15.3 Å². The van der Waals surface area contributed by atoms with Crippen molar-refractivity contribution in [3.05, 3.63) is 59.0 Å². The largest absolute Gasteiger partial charge is 0.207 e. The summed E-state index contributed by atoms with van der Waals surface area (Å²) in [6.07, 6.45) is 0. The SMILES string of the molecule is Fc1cccc(Sc2ccc3nnc(-c4ccsc4)n3n2)c1. The van der Waals surface area contributed by atoms with E-state index < -0.39 is 0 Å². The second-order valence-electron chi connectivity index (χ2n) is 4.54. The average Bonchev–Trinajstić information content (AvgIpc) is 3.15. The van der Waals surface area contributed by atoms with Crippen LogP contribution in [0.25, 0.3) is 17.0 Å². The molecule has 0 N–H and O–H groups in total. The Morgan fingerprint density at radius 2 is 2.05 bits per heavy atom. The lowest BCUT2D eigenvalue weighted by atomic mass is 10.3. The first kappa shape index (κ1) is 13.4. The normalized spacial score (nSPS) is 11.1. The van der Waals surface area contributed by atoms with Crippen molar-refractivity contribution in [3.8, 4) is 11.4 Å². The quantitative estimate of drug-likeness (QED) is 0.567. The lowest BCUT2D eigenvalue weighted by Gasteiger charge is -2.02. The van der Waals surface area contributed by atoms with E-state index in [1.807, 2.05) is 35.0 Å². The van der Waals surface area contributed by atoms with E-state index in [-0.39, 0.29) is 5.82 Å². The van der Waals surface area contributed by atoms with Crippen molar-refractivity contribution in [1.29, 1.82) is 0 Å². The lowest BCUT2D eigenvalue weighted by molar-refractivity contribution is 0.624. The number of hydrogen-bond donors (Lipinski definition) is 0. The number of hydrogen-bond acceptors (Lipinski definition) is 5. The van der Waals surface area contributed by atoms with E-state index in [0.717, 1.165) is 15.5 Å². The fraction of sp³-hybridized carbons (Fsp3) is 0. The second kappa shape index (κ2) is 5.51. The number of aromatic nitrogens is 4. The van der Waals surface area contributed by atoms with E-state index in [1.165, 1.54) is 23.9 Å². The van der Waals surface area contributed by atoms with Gasteiger partial charge in [0.25, 0.3) is 0 Å². The summed E-state index contributed by atoms with van der Waals surface area (Å²) in [5, 5.41) is 17.6. The van der Waals surface area contributed by atoms with Crippen LogP contribution in [0.4, 0.5) is 4.39 Å². The molecule has 1 aromatic carbocycles. The monoisotopic (exact) mass is 328 g/mol. The maximum atomic E-state index is 13.3. The highest BCUT2D eigenvalue weighted by molar-refractivity contribution is 7.99. The Balaban J connectivity index is 1.75. The minimum atomic E-state index is -0.255. The molecule has 0 spiro atoms. The Labute approximate surface area is 133 Å². The smallest absolute Gasteiger partial charge is 0.186 e. The van der Waals surface area contributed by atoms with Crippen molar-refractivity contribution in [2.24, 2.45) is 0 Å². The van der Waals surface area contributed by atoms with Gasteiger partial charge in [-0.3, -0.25) is 0 Å². The molecule has 0 aliphatic heterocycles. The van der Waals surface area contributed by atoms with Crippen LogP contribution in [0.15, 0.2) is 63.1 Å². The number of rotatable bonds is 3. The summed E-state index contributed by atoms with van der Waals surface area (Å²) in [7, 11) is 0. The van der Waals surface area contributed by atoms with Crippen molar-refractivity contribution in [1.82, 2.24) is 19.8 Å². The third kappa shape index (κ3) is 2.49. The molecule has 4 nitrogen and oxygen atoms in total. The first-order valence-corrected chi connectivity index (χ1v) is 8.24. The Hall–Kier alpha value is -2.25. The molecule has 0 radical (unpaired) electrons. The molecule has 3 aromatic heterocycles. The third-order valence-corrected chi connectivity index (χ3v) is 4.64. The highest BCUT2D eigenvalue weighted by Crippen LogP contribution is 2.27. The predicted octanol–water partition coefficient (Wildman–Crippen LogP) is 4.14. The lowest BCUT2D eigenvalue weighted by Crippen LogP contribution is -1.95. The molecular formula is C15H9FN4S2. The molecule has 4 rings (SSSR count). The van der Waals surface area contributed by atoms with Crippen LogP contribution in [0.3, 0.4) is 0 Å². The van der Waals surface area contributed by atoms with Crippen LogP contribution < -0.4 is 0 Å². The van der Waals surface area contributed by atoms with Crippen LogP contribution in [0, 0.1) is 5.82 Å². The molecule has 108 valence electrons. The zero-order valence-electron chi connectivity index (χ0n) is 11.2. The third-order valence-electron chi connectivity index (χ3n) is 3.04. The van der Waals surface area contributed by atoms with Gasteiger partial charge in [-0.05, 0) is 41.8 Å². The number of halogens is 1. The van der Waals surface area contributed by atoms with Crippen LogP contribution >= 0.6 is 23.1 Å². The molecule has 0 saturated carbocycles. The molecule has 0 aliphatic carbocycles. The maximum absolute atomic E-state index is 13.3. The van der Waals surface area contributed by atoms with E-state index in [0.29, 0.717) is 11.5 Å². The number of thiophene rings is 1. The van der Waals surface area contributed by atoms with Gasteiger partial charge in [0.15, 0.2) is 11.5 Å². The summed E-state index contributed by atoms with van der Waals surface area (Å²) < 4.78 is 15.0. The standard InChI is InChI=1S/C15H9FN4S2/c16-11-2-1-3-12(8-11)22-14-5-4-13-17-18-15(20(13)19-14)10-6-7-21-9-10/h1-9H. The van der Waals surface area contributed by atoms with Gasteiger partial charge in [-0.2, -0.15) is 21.0 Å². The topological polar surface area (TPSA) is 43.1 Å². The molecule has 0 fully saturated rings. The first-order valence-electron chi connectivity index (χ1n) is 6.48. The van der Waals surface area contributed by atoms with Crippen molar-refractivity contribution in [2.45, 2.75) is 9.92 Å². The van der Waals surface area contributed by atoms with Gasteiger partial charge in [0.05, 0.1) is 0 Å². The Morgan fingerprint density at radius 3 is 2.86 bits per heavy atom. The van der Waals surface area contributed by atoms with Crippen LogP contribution in [-0.2, 0) is 0 Å². The molecule has 0 saturated heterocycles. The summed E-state index contributed by atoms with van der Waals surface area (Å²) in [6.45, 7) is 0. The Bertz CT molecular complexity index is 934. The highest BCUT2D eigenvalue weighted by Gasteiger charge is 2.11. The van der Waals surface area contributed by atoms with Crippen molar-refractivity contribution in [3.63, 3.8) is 0 Å². The number of fused-ring (bicyclic) bond motifs is 1. The summed E-state index contributed by atoms with van der Waals surface area (Å²) in [4.78, 5) is 0.803. The van der Waals surface area contributed by atoms with Crippen molar-refractivity contribution < 1.29 is 4.39 Å². The van der Waals surface area contributed by atoms with E-state index >= 15 is 0 Å². The fourth-order valence-electron chi connectivity index (χ4n) is 2.05. The zero-order chi connectivity index (χ0) is 14.9. The number of nitrogens with zero attached hydrogens (tertiary/aromatic N) is 4. The predicted molar refractivity (Wildman–Crippen MR) is 84.6 cm³/mol. The van der Waals surface area contributed by atoms with Crippen LogP contribution in [0.2, 0.25) is 0 Å². The van der Waals surface area contributed by atoms with E-state index in [9.17, 15) is 4.39 Å². The van der Waals surface area contributed by atoms with Crippen molar-refractivity contribution >= 4 is 28.7 Å². The second-order valence-corrected chi connectivity index (χ2v) is 6.41. The Kier molecular flexibility index (Phi) is 3.36. The molecule has 0 unspecified atom stereocenters. The molecule has 22 heavy (non-hydrogen) atoms. The van der Waals surface area contributed by atoms with Gasteiger partial charge in [0.2, 0.25) is 0 Å². The molecule has 3 heterocycles. The molecule has 0 atom stereocenters. The van der Waals surface area contributed by atoms with Crippen LogP contribution in [-0.4, -0.2) is 19.8 Å². The van der Waals surface area contributed by atoms with Gasteiger partial charge < -0.3 is 0 Å². The minimum absolute atomic E-state index is 0.255. The van der Waals surface area contributed by atoms with Gasteiger partial charge >= 0.3 is 0 Å². The summed E-state index contributed by atoms with van der Waals surface area (Å²) in [5.74, 6) is 0.451. The molecule has 7 heteroatoms. The molecule has 4 aromatic rings. The number of benzene rings is 1.